The van der Waals surface area contributed by atoms with E-state index in [4.69, 9.17) is 0 Å². The molecule has 33 heavy (non-hydrogen) atoms. The summed E-state index contributed by atoms with van der Waals surface area (Å²) < 4.78 is 0. The number of amides is 5. The van der Waals surface area contributed by atoms with E-state index in [1.54, 1.807) is 41.3 Å². The Morgan fingerprint density at radius 1 is 0.970 bits per heavy atom. The standard InChI is InChI=1S/C25H30N4O4/c1-4-16-25(19-10-8-7-9-11-19)23(32)29(24(33)27-25)17-21(30)26-20-14-12-18(13-15-20)22(31)28(5-2)6-3/h7-15H,4-6,16-17H2,1-3H3,(H,26,30)(H,27,33)/t25-/m0/s1. The van der Waals surface area contributed by atoms with Crippen LogP contribution in [0.1, 0.15) is 49.5 Å². The first-order chi connectivity index (χ1) is 15.9. The van der Waals surface area contributed by atoms with Gasteiger partial charge < -0.3 is 15.5 Å². The molecule has 0 unspecified atom stereocenters. The molecule has 2 N–H and O–H groups in total. The molecule has 8 heteroatoms. The van der Waals surface area contributed by atoms with E-state index in [1.807, 2.05) is 39.0 Å². The van der Waals surface area contributed by atoms with E-state index < -0.39 is 29.9 Å². The van der Waals surface area contributed by atoms with Crippen molar-refractivity contribution in [1.29, 1.82) is 0 Å². The van der Waals surface area contributed by atoms with Gasteiger partial charge in [0, 0.05) is 24.3 Å². The number of carbonyl (C=O) groups excluding carboxylic acids is 4. The Kier molecular flexibility index (Phi) is 7.48. The summed E-state index contributed by atoms with van der Waals surface area (Å²) >= 11 is 0. The van der Waals surface area contributed by atoms with Crippen LogP contribution in [0.5, 0.6) is 0 Å². The molecule has 1 atom stereocenters. The number of hydrogen-bond donors (Lipinski definition) is 2. The molecule has 0 saturated carbocycles. The van der Waals surface area contributed by atoms with Gasteiger partial charge in [-0.05, 0) is 50.1 Å². The van der Waals surface area contributed by atoms with Gasteiger partial charge in [0.2, 0.25) is 5.91 Å². The fraction of sp³-hybridized carbons (Fsp3) is 0.360. The van der Waals surface area contributed by atoms with Crippen LogP contribution >= 0.6 is 0 Å². The SMILES string of the molecule is CCC[C@@]1(c2ccccc2)NC(=O)N(CC(=O)Nc2ccc(C(=O)N(CC)CC)cc2)C1=O. The maximum Gasteiger partial charge on any atom is 0.325 e. The van der Waals surface area contributed by atoms with Crippen LogP contribution in [0.25, 0.3) is 0 Å². The predicted octanol–water partition coefficient (Wildman–Crippen LogP) is 3.35. The van der Waals surface area contributed by atoms with Crippen molar-refractivity contribution in [2.24, 2.45) is 0 Å². The maximum atomic E-state index is 13.3. The monoisotopic (exact) mass is 450 g/mol. The van der Waals surface area contributed by atoms with Crippen molar-refractivity contribution in [1.82, 2.24) is 15.1 Å². The molecular weight excluding hydrogens is 420 g/mol. The molecule has 2 aromatic rings. The molecule has 0 radical (unpaired) electrons. The van der Waals surface area contributed by atoms with Crippen LogP contribution in [-0.2, 0) is 15.1 Å². The van der Waals surface area contributed by atoms with Gasteiger partial charge in [0.15, 0.2) is 0 Å². The van der Waals surface area contributed by atoms with Crippen LogP contribution in [0.15, 0.2) is 54.6 Å². The maximum absolute atomic E-state index is 13.3. The lowest BCUT2D eigenvalue weighted by molar-refractivity contribution is -0.134. The summed E-state index contributed by atoms with van der Waals surface area (Å²) in [6, 6.07) is 15.0. The number of anilines is 1. The minimum atomic E-state index is -1.17. The molecule has 1 heterocycles. The molecule has 5 amide bonds. The van der Waals surface area contributed by atoms with Crippen molar-refractivity contribution >= 4 is 29.4 Å². The molecule has 0 bridgehead atoms. The molecule has 174 valence electrons. The molecule has 2 aromatic carbocycles. The third kappa shape index (κ3) is 4.89. The number of hydrogen-bond acceptors (Lipinski definition) is 4. The number of benzene rings is 2. The Hall–Kier alpha value is -3.68. The van der Waals surface area contributed by atoms with Gasteiger partial charge in [-0.3, -0.25) is 19.3 Å². The molecule has 1 aliphatic heterocycles. The van der Waals surface area contributed by atoms with Crippen LogP contribution in [0, 0.1) is 0 Å². The molecule has 1 saturated heterocycles. The Labute approximate surface area is 193 Å². The average Bonchev–Trinajstić information content (AvgIpc) is 3.06. The van der Waals surface area contributed by atoms with Gasteiger partial charge in [-0.25, -0.2) is 4.79 Å². The molecule has 3 rings (SSSR count). The first-order valence-electron chi connectivity index (χ1n) is 11.2. The highest BCUT2D eigenvalue weighted by Gasteiger charge is 2.52. The van der Waals surface area contributed by atoms with Crippen LogP contribution in [-0.4, -0.2) is 53.2 Å². The van der Waals surface area contributed by atoms with Gasteiger partial charge >= 0.3 is 6.03 Å². The molecule has 0 aromatic heterocycles. The topological polar surface area (TPSA) is 98.8 Å². The van der Waals surface area contributed by atoms with Gasteiger partial charge in [0.1, 0.15) is 12.1 Å². The lowest BCUT2D eigenvalue weighted by atomic mass is 9.85. The van der Waals surface area contributed by atoms with Crippen LogP contribution in [0.2, 0.25) is 0 Å². The number of imide groups is 1. The van der Waals surface area contributed by atoms with E-state index in [0.29, 0.717) is 42.7 Å². The van der Waals surface area contributed by atoms with E-state index in [1.165, 1.54) is 0 Å². The van der Waals surface area contributed by atoms with Crippen molar-refractivity contribution in [2.45, 2.75) is 39.2 Å². The molecule has 1 aliphatic rings. The number of carbonyl (C=O) groups is 4. The van der Waals surface area contributed by atoms with Crippen molar-refractivity contribution in [3.8, 4) is 0 Å². The number of rotatable bonds is 9. The minimum Gasteiger partial charge on any atom is -0.339 e. The molecule has 8 nitrogen and oxygen atoms in total. The lowest BCUT2D eigenvalue weighted by Gasteiger charge is -2.26. The normalized spacial score (nSPS) is 17.6. The van der Waals surface area contributed by atoms with Gasteiger partial charge in [-0.1, -0.05) is 43.7 Å². The van der Waals surface area contributed by atoms with Gasteiger partial charge in [0.25, 0.3) is 11.8 Å². The predicted molar refractivity (Wildman–Crippen MR) is 126 cm³/mol. The Morgan fingerprint density at radius 3 is 2.18 bits per heavy atom. The summed E-state index contributed by atoms with van der Waals surface area (Å²) in [4.78, 5) is 53.6. The summed E-state index contributed by atoms with van der Waals surface area (Å²) in [6.45, 7) is 6.60. The smallest absolute Gasteiger partial charge is 0.325 e. The molecule has 0 aliphatic carbocycles. The van der Waals surface area contributed by atoms with Crippen molar-refractivity contribution in [3.05, 3.63) is 65.7 Å². The number of urea groups is 1. The highest BCUT2D eigenvalue weighted by molar-refractivity contribution is 6.10. The summed E-state index contributed by atoms with van der Waals surface area (Å²) in [6.07, 6.45) is 1.11. The molecule has 1 fully saturated rings. The zero-order valence-electron chi connectivity index (χ0n) is 19.3. The Morgan fingerprint density at radius 2 is 1.61 bits per heavy atom. The lowest BCUT2D eigenvalue weighted by Crippen LogP contribution is -2.44. The first-order valence-corrected chi connectivity index (χ1v) is 11.2. The van der Waals surface area contributed by atoms with E-state index in [0.717, 1.165) is 4.90 Å². The Bertz CT molecular complexity index is 1020. The van der Waals surface area contributed by atoms with Crippen LogP contribution in [0.3, 0.4) is 0 Å². The third-order valence-electron chi connectivity index (χ3n) is 5.84. The minimum absolute atomic E-state index is 0.0783. The number of nitrogens with one attached hydrogen (secondary N) is 2. The average molecular weight is 451 g/mol. The zero-order valence-corrected chi connectivity index (χ0v) is 19.3. The second-order valence-electron chi connectivity index (χ2n) is 7.95. The van der Waals surface area contributed by atoms with Crippen LogP contribution < -0.4 is 10.6 Å². The fourth-order valence-corrected chi connectivity index (χ4v) is 4.11. The highest BCUT2D eigenvalue weighted by Crippen LogP contribution is 2.33. The number of nitrogens with zero attached hydrogens (tertiary/aromatic N) is 2. The second-order valence-corrected chi connectivity index (χ2v) is 7.95. The van der Waals surface area contributed by atoms with E-state index in [2.05, 4.69) is 10.6 Å². The third-order valence-corrected chi connectivity index (χ3v) is 5.84. The summed E-state index contributed by atoms with van der Waals surface area (Å²) in [5.74, 6) is -1.01. The van der Waals surface area contributed by atoms with E-state index >= 15 is 0 Å². The highest BCUT2D eigenvalue weighted by atomic mass is 16.2. The van der Waals surface area contributed by atoms with E-state index in [9.17, 15) is 19.2 Å². The second kappa shape index (κ2) is 10.3. The van der Waals surface area contributed by atoms with Crippen molar-refractivity contribution in [2.75, 3.05) is 25.0 Å². The fourth-order valence-electron chi connectivity index (χ4n) is 4.11. The summed E-state index contributed by atoms with van der Waals surface area (Å²) in [5.41, 5.74) is 0.533. The quantitative estimate of drug-likeness (QED) is 0.573. The zero-order chi connectivity index (χ0) is 24.0. The first kappa shape index (κ1) is 24.0. The van der Waals surface area contributed by atoms with Crippen LogP contribution in [0.4, 0.5) is 10.5 Å². The molecular formula is C25H30N4O4. The van der Waals surface area contributed by atoms with Crippen molar-refractivity contribution < 1.29 is 19.2 Å². The van der Waals surface area contributed by atoms with Gasteiger partial charge in [0.05, 0.1) is 0 Å². The van der Waals surface area contributed by atoms with Gasteiger partial charge in [-0.2, -0.15) is 0 Å². The Balaban J connectivity index is 1.70. The van der Waals surface area contributed by atoms with Gasteiger partial charge in [-0.15, -0.1) is 0 Å². The molecule has 0 spiro atoms. The largest absolute Gasteiger partial charge is 0.339 e. The summed E-state index contributed by atoms with van der Waals surface area (Å²) in [5, 5.41) is 5.51. The van der Waals surface area contributed by atoms with E-state index in [-0.39, 0.29) is 5.91 Å². The summed E-state index contributed by atoms with van der Waals surface area (Å²) in [7, 11) is 0. The van der Waals surface area contributed by atoms with Crippen molar-refractivity contribution in [3.63, 3.8) is 0 Å².